The lowest BCUT2D eigenvalue weighted by Crippen LogP contribution is -2.58. The molecule has 0 bridgehead atoms. The molecular formula is C17H37N3O. The Labute approximate surface area is 131 Å². The molecule has 0 aromatic heterocycles. The molecule has 4 heteroatoms. The molecule has 0 aliphatic rings. The Morgan fingerprint density at radius 3 is 2.14 bits per heavy atom. The van der Waals surface area contributed by atoms with E-state index in [2.05, 4.69) is 51.8 Å². The molecule has 0 saturated carbocycles. The normalized spacial score (nSPS) is 17.8. The highest BCUT2D eigenvalue weighted by Gasteiger charge is 2.35. The zero-order chi connectivity index (χ0) is 16.6. The first-order chi connectivity index (χ1) is 9.67. The number of nitrogens with one attached hydrogen (secondary N) is 1. The van der Waals surface area contributed by atoms with Crippen LogP contribution in [0.2, 0.25) is 0 Å². The van der Waals surface area contributed by atoms with Crippen molar-refractivity contribution in [2.75, 3.05) is 6.54 Å². The summed E-state index contributed by atoms with van der Waals surface area (Å²) in [6, 6.07) is 1.10. The van der Waals surface area contributed by atoms with E-state index >= 15 is 0 Å². The van der Waals surface area contributed by atoms with Gasteiger partial charge in [0.15, 0.2) is 0 Å². The standard InChI is InChI=1S/C17H37N3O/c1-8-10-11-20(14(5)9-2)15(6)12-17(7,16(18)21)19-13(3)4/h13-15,19H,8-12H2,1-7H3,(H2,18,21). The van der Waals surface area contributed by atoms with E-state index in [1.54, 1.807) is 0 Å². The van der Waals surface area contributed by atoms with Crippen LogP contribution in [0.5, 0.6) is 0 Å². The Hall–Kier alpha value is -0.610. The number of hydrogen-bond donors (Lipinski definition) is 2. The quantitative estimate of drug-likeness (QED) is 0.617. The maximum Gasteiger partial charge on any atom is 0.237 e. The van der Waals surface area contributed by atoms with Gasteiger partial charge in [-0.2, -0.15) is 0 Å². The molecule has 0 aromatic carbocycles. The summed E-state index contributed by atoms with van der Waals surface area (Å²) >= 11 is 0. The van der Waals surface area contributed by atoms with Gasteiger partial charge in [0.05, 0.1) is 5.54 Å². The third-order valence-corrected chi connectivity index (χ3v) is 4.35. The molecule has 0 spiro atoms. The monoisotopic (exact) mass is 299 g/mol. The number of rotatable bonds is 11. The van der Waals surface area contributed by atoms with Crippen LogP contribution in [0, 0.1) is 0 Å². The third kappa shape index (κ3) is 6.79. The molecule has 3 unspecified atom stereocenters. The summed E-state index contributed by atoms with van der Waals surface area (Å²) in [5, 5.41) is 3.35. The lowest BCUT2D eigenvalue weighted by atomic mass is 9.90. The van der Waals surface area contributed by atoms with Gasteiger partial charge >= 0.3 is 0 Å². The second-order valence-corrected chi connectivity index (χ2v) is 6.90. The van der Waals surface area contributed by atoms with Crippen LogP contribution in [0.25, 0.3) is 0 Å². The average molecular weight is 300 g/mol. The topological polar surface area (TPSA) is 58.4 Å². The molecule has 0 aliphatic carbocycles. The van der Waals surface area contributed by atoms with E-state index in [4.69, 9.17) is 5.73 Å². The highest BCUT2D eigenvalue weighted by atomic mass is 16.1. The lowest BCUT2D eigenvalue weighted by molar-refractivity contribution is -0.125. The zero-order valence-electron chi connectivity index (χ0n) is 15.2. The second kappa shape index (κ2) is 9.42. The SMILES string of the molecule is CCCCN(C(C)CC)C(C)CC(C)(NC(C)C)C(N)=O. The Morgan fingerprint density at radius 1 is 1.19 bits per heavy atom. The molecule has 0 aromatic rings. The number of carbonyl (C=O) groups excluding carboxylic acids is 1. The first kappa shape index (κ1) is 20.4. The summed E-state index contributed by atoms with van der Waals surface area (Å²) in [6.45, 7) is 16.0. The number of primary amides is 1. The minimum Gasteiger partial charge on any atom is -0.368 e. The number of nitrogens with two attached hydrogens (primary N) is 1. The maximum atomic E-state index is 11.9. The van der Waals surface area contributed by atoms with E-state index in [9.17, 15) is 4.79 Å². The fourth-order valence-electron chi connectivity index (χ4n) is 3.03. The van der Waals surface area contributed by atoms with E-state index in [1.807, 2.05) is 6.92 Å². The minimum absolute atomic E-state index is 0.238. The summed E-state index contributed by atoms with van der Waals surface area (Å²) in [5.74, 6) is -0.261. The molecule has 0 radical (unpaired) electrons. The van der Waals surface area contributed by atoms with E-state index in [1.165, 1.54) is 12.8 Å². The van der Waals surface area contributed by atoms with Crippen LogP contribution >= 0.6 is 0 Å². The van der Waals surface area contributed by atoms with Gasteiger partial charge in [-0.15, -0.1) is 0 Å². The summed E-state index contributed by atoms with van der Waals surface area (Å²) in [4.78, 5) is 14.4. The van der Waals surface area contributed by atoms with Gasteiger partial charge in [-0.05, 0) is 60.4 Å². The van der Waals surface area contributed by atoms with Crippen molar-refractivity contribution in [2.45, 2.75) is 97.8 Å². The molecule has 0 aliphatic heterocycles. The van der Waals surface area contributed by atoms with Gasteiger partial charge in [-0.25, -0.2) is 0 Å². The molecule has 4 nitrogen and oxygen atoms in total. The maximum absolute atomic E-state index is 11.9. The van der Waals surface area contributed by atoms with E-state index in [0.29, 0.717) is 12.1 Å². The van der Waals surface area contributed by atoms with Gasteiger partial charge in [0.2, 0.25) is 5.91 Å². The van der Waals surface area contributed by atoms with Crippen molar-refractivity contribution in [3.63, 3.8) is 0 Å². The van der Waals surface area contributed by atoms with Crippen molar-refractivity contribution in [2.24, 2.45) is 5.73 Å². The number of hydrogen-bond acceptors (Lipinski definition) is 3. The summed E-state index contributed by atoms with van der Waals surface area (Å²) < 4.78 is 0. The first-order valence-electron chi connectivity index (χ1n) is 8.51. The van der Waals surface area contributed by atoms with Crippen LogP contribution in [0.4, 0.5) is 0 Å². The van der Waals surface area contributed by atoms with Crippen molar-refractivity contribution < 1.29 is 4.79 Å². The molecule has 0 heterocycles. The lowest BCUT2D eigenvalue weighted by Gasteiger charge is -2.39. The molecule has 3 N–H and O–H groups in total. The summed E-state index contributed by atoms with van der Waals surface area (Å²) in [6.07, 6.45) is 4.25. The van der Waals surface area contributed by atoms with E-state index in [-0.39, 0.29) is 11.9 Å². The fourth-order valence-corrected chi connectivity index (χ4v) is 3.03. The van der Waals surface area contributed by atoms with Crippen LogP contribution in [0.3, 0.4) is 0 Å². The molecule has 3 atom stereocenters. The van der Waals surface area contributed by atoms with Crippen molar-refractivity contribution in [1.82, 2.24) is 10.2 Å². The number of unbranched alkanes of at least 4 members (excludes halogenated alkanes) is 1. The fraction of sp³-hybridized carbons (Fsp3) is 0.941. The first-order valence-corrected chi connectivity index (χ1v) is 8.51. The predicted octanol–water partition coefficient (Wildman–Crippen LogP) is 2.91. The minimum atomic E-state index is -0.647. The number of nitrogens with zero attached hydrogens (tertiary/aromatic N) is 1. The Bertz CT molecular complexity index is 306. The Morgan fingerprint density at radius 2 is 1.76 bits per heavy atom. The van der Waals surface area contributed by atoms with Gasteiger partial charge in [0.1, 0.15) is 0 Å². The number of amides is 1. The molecule has 0 fully saturated rings. The summed E-state index contributed by atoms with van der Waals surface area (Å²) in [5.41, 5.74) is 5.01. The van der Waals surface area contributed by atoms with Gasteiger partial charge < -0.3 is 11.1 Å². The van der Waals surface area contributed by atoms with Crippen molar-refractivity contribution >= 4 is 5.91 Å². The van der Waals surface area contributed by atoms with E-state index in [0.717, 1.165) is 19.4 Å². The molecule has 0 rings (SSSR count). The van der Waals surface area contributed by atoms with Gasteiger partial charge in [-0.1, -0.05) is 20.3 Å². The summed E-state index contributed by atoms with van der Waals surface area (Å²) in [7, 11) is 0. The van der Waals surface area contributed by atoms with Crippen molar-refractivity contribution in [1.29, 1.82) is 0 Å². The second-order valence-electron chi connectivity index (χ2n) is 6.90. The average Bonchev–Trinajstić information content (AvgIpc) is 2.37. The molecular weight excluding hydrogens is 262 g/mol. The van der Waals surface area contributed by atoms with E-state index < -0.39 is 5.54 Å². The molecule has 21 heavy (non-hydrogen) atoms. The molecule has 0 saturated heterocycles. The van der Waals surface area contributed by atoms with Crippen LogP contribution < -0.4 is 11.1 Å². The third-order valence-electron chi connectivity index (χ3n) is 4.35. The van der Waals surface area contributed by atoms with Gasteiger partial charge in [0.25, 0.3) is 0 Å². The molecule has 126 valence electrons. The molecule has 1 amide bonds. The van der Waals surface area contributed by atoms with Crippen molar-refractivity contribution in [3.8, 4) is 0 Å². The Balaban J connectivity index is 4.97. The zero-order valence-corrected chi connectivity index (χ0v) is 15.2. The van der Waals surface area contributed by atoms with Crippen molar-refractivity contribution in [3.05, 3.63) is 0 Å². The van der Waals surface area contributed by atoms with Crippen LogP contribution in [-0.2, 0) is 4.79 Å². The predicted molar refractivity (Wildman–Crippen MR) is 91.3 cm³/mol. The number of carbonyl (C=O) groups is 1. The Kier molecular flexibility index (Phi) is 9.14. The van der Waals surface area contributed by atoms with Crippen LogP contribution in [0.15, 0.2) is 0 Å². The van der Waals surface area contributed by atoms with Crippen LogP contribution in [0.1, 0.15) is 74.1 Å². The van der Waals surface area contributed by atoms with Gasteiger partial charge in [0, 0.05) is 18.1 Å². The largest absolute Gasteiger partial charge is 0.368 e. The smallest absolute Gasteiger partial charge is 0.237 e. The van der Waals surface area contributed by atoms with Crippen LogP contribution in [-0.4, -0.2) is 41.0 Å². The van der Waals surface area contributed by atoms with Gasteiger partial charge in [-0.3, -0.25) is 9.69 Å². The highest BCUT2D eigenvalue weighted by Crippen LogP contribution is 2.20. The highest BCUT2D eigenvalue weighted by molar-refractivity contribution is 5.84.